The van der Waals surface area contributed by atoms with E-state index in [4.69, 9.17) is 11.6 Å². The average Bonchev–Trinajstić information content (AvgIpc) is 2.63. The second-order valence-electron chi connectivity index (χ2n) is 5.33. The van der Waals surface area contributed by atoms with Gasteiger partial charge in [0.15, 0.2) is 0 Å². The minimum absolute atomic E-state index is 0.350. The summed E-state index contributed by atoms with van der Waals surface area (Å²) in [6, 6.07) is 0. The molecule has 19 heavy (non-hydrogen) atoms. The normalized spacial score (nSPS) is 20.7. The molecule has 1 saturated heterocycles. The number of nitrogens with zero attached hydrogens (tertiary/aromatic N) is 3. The van der Waals surface area contributed by atoms with Crippen LogP contribution in [-0.2, 0) is 0 Å². The fourth-order valence-corrected chi connectivity index (χ4v) is 3.72. The van der Waals surface area contributed by atoms with Crippen LogP contribution in [0.5, 0.6) is 0 Å². The van der Waals surface area contributed by atoms with Gasteiger partial charge in [0.25, 0.3) is 0 Å². The molecule has 1 fully saturated rings. The van der Waals surface area contributed by atoms with E-state index in [0.717, 1.165) is 29.7 Å². The standard InChI is InChI=1S/C14H22ClN3S/c1-10(2)12-13(15)16-9-17-14(12)18-7-4-5-11(19-3)6-8-18/h9-11H,4-8H2,1-3H3. The van der Waals surface area contributed by atoms with Crippen molar-refractivity contribution >= 4 is 29.2 Å². The highest BCUT2D eigenvalue weighted by molar-refractivity contribution is 7.99. The summed E-state index contributed by atoms with van der Waals surface area (Å²) in [5.41, 5.74) is 1.09. The molecule has 1 aliphatic rings. The monoisotopic (exact) mass is 299 g/mol. The van der Waals surface area contributed by atoms with Crippen molar-refractivity contribution in [3.8, 4) is 0 Å². The van der Waals surface area contributed by atoms with Gasteiger partial charge in [-0.1, -0.05) is 25.4 Å². The van der Waals surface area contributed by atoms with Crippen LogP contribution < -0.4 is 4.90 Å². The van der Waals surface area contributed by atoms with Crippen LogP contribution in [0.3, 0.4) is 0 Å². The Morgan fingerprint density at radius 2 is 2.11 bits per heavy atom. The molecular formula is C14H22ClN3S. The van der Waals surface area contributed by atoms with E-state index in [1.54, 1.807) is 6.33 Å². The fourth-order valence-electron chi connectivity index (χ4n) is 2.63. The predicted molar refractivity (Wildman–Crippen MR) is 84.5 cm³/mol. The molecule has 0 saturated carbocycles. The summed E-state index contributed by atoms with van der Waals surface area (Å²) in [7, 11) is 0. The molecule has 0 bridgehead atoms. The van der Waals surface area contributed by atoms with Gasteiger partial charge in [-0.15, -0.1) is 0 Å². The van der Waals surface area contributed by atoms with E-state index >= 15 is 0 Å². The molecule has 0 aromatic carbocycles. The lowest BCUT2D eigenvalue weighted by Crippen LogP contribution is -2.27. The molecule has 5 heteroatoms. The van der Waals surface area contributed by atoms with Crippen molar-refractivity contribution in [1.29, 1.82) is 0 Å². The second kappa shape index (κ2) is 6.80. The minimum Gasteiger partial charge on any atom is -0.356 e. The molecule has 3 nitrogen and oxygen atoms in total. The van der Waals surface area contributed by atoms with Crippen LogP contribution in [-0.4, -0.2) is 34.6 Å². The summed E-state index contributed by atoms with van der Waals surface area (Å²) in [5.74, 6) is 1.39. The van der Waals surface area contributed by atoms with Gasteiger partial charge in [-0.25, -0.2) is 9.97 Å². The van der Waals surface area contributed by atoms with Crippen molar-refractivity contribution in [2.45, 2.75) is 44.3 Å². The van der Waals surface area contributed by atoms with Crippen LogP contribution >= 0.6 is 23.4 Å². The smallest absolute Gasteiger partial charge is 0.138 e. The third-order valence-electron chi connectivity index (χ3n) is 3.70. The van der Waals surface area contributed by atoms with Crippen LogP contribution in [0.1, 0.15) is 44.6 Å². The van der Waals surface area contributed by atoms with Gasteiger partial charge in [0, 0.05) is 23.9 Å². The summed E-state index contributed by atoms with van der Waals surface area (Å²) in [6.45, 7) is 6.44. The summed E-state index contributed by atoms with van der Waals surface area (Å²) < 4.78 is 0. The van der Waals surface area contributed by atoms with Gasteiger partial charge in [-0.2, -0.15) is 11.8 Å². The molecule has 0 amide bonds. The molecule has 1 aromatic heterocycles. The highest BCUT2D eigenvalue weighted by Crippen LogP contribution is 2.32. The Labute approximate surface area is 125 Å². The summed E-state index contributed by atoms with van der Waals surface area (Å²) in [6.07, 6.45) is 7.54. The Hall–Kier alpha value is -0.480. The summed E-state index contributed by atoms with van der Waals surface area (Å²) in [5, 5.41) is 1.38. The van der Waals surface area contributed by atoms with Crippen molar-refractivity contribution in [1.82, 2.24) is 9.97 Å². The van der Waals surface area contributed by atoms with Gasteiger partial charge >= 0.3 is 0 Å². The quantitative estimate of drug-likeness (QED) is 0.790. The zero-order chi connectivity index (χ0) is 13.8. The van der Waals surface area contributed by atoms with Gasteiger partial charge in [0.2, 0.25) is 0 Å². The molecule has 0 aliphatic carbocycles. The molecule has 1 unspecified atom stereocenters. The number of rotatable bonds is 3. The maximum atomic E-state index is 6.26. The first-order chi connectivity index (χ1) is 9.13. The molecular weight excluding hydrogens is 278 g/mol. The maximum absolute atomic E-state index is 6.26. The molecule has 106 valence electrons. The third-order valence-corrected chi connectivity index (χ3v) is 5.14. The zero-order valence-corrected chi connectivity index (χ0v) is 13.5. The van der Waals surface area contributed by atoms with E-state index in [-0.39, 0.29) is 0 Å². The molecule has 2 rings (SSSR count). The van der Waals surface area contributed by atoms with Gasteiger partial charge in [0.1, 0.15) is 17.3 Å². The Bertz CT molecular complexity index is 425. The van der Waals surface area contributed by atoms with Crippen LogP contribution in [0.4, 0.5) is 5.82 Å². The summed E-state index contributed by atoms with van der Waals surface area (Å²) in [4.78, 5) is 11.0. The molecule has 0 radical (unpaired) electrons. The number of hydrogen-bond acceptors (Lipinski definition) is 4. The third kappa shape index (κ3) is 3.54. The Kier molecular flexibility index (Phi) is 5.34. The highest BCUT2D eigenvalue weighted by atomic mass is 35.5. The first-order valence-electron chi connectivity index (χ1n) is 6.91. The van der Waals surface area contributed by atoms with Gasteiger partial charge < -0.3 is 4.90 Å². The van der Waals surface area contributed by atoms with Crippen LogP contribution in [0.15, 0.2) is 6.33 Å². The SMILES string of the molecule is CSC1CCCN(c2ncnc(Cl)c2C(C)C)CC1. The zero-order valence-electron chi connectivity index (χ0n) is 11.9. The number of halogens is 1. The lowest BCUT2D eigenvalue weighted by atomic mass is 10.1. The number of anilines is 1. The van der Waals surface area contributed by atoms with Crippen LogP contribution in [0.2, 0.25) is 5.15 Å². The van der Waals surface area contributed by atoms with Crippen LogP contribution in [0, 0.1) is 0 Å². The van der Waals surface area contributed by atoms with E-state index in [0.29, 0.717) is 11.1 Å². The topological polar surface area (TPSA) is 29.0 Å². The van der Waals surface area contributed by atoms with Gasteiger partial charge in [-0.05, 0) is 31.4 Å². The Morgan fingerprint density at radius 3 is 2.79 bits per heavy atom. The fraction of sp³-hybridized carbons (Fsp3) is 0.714. The molecule has 1 aromatic rings. The number of hydrogen-bond donors (Lipinski definition) is 0. The largest absolute Gasteiger partial charge is 0.356 e. The molecule has 0 spiro atoms. The molecule has 1 aliphatic heterocycles. The second-order valence-corrected chi connectivity index (χ2v) is 6.83. The van der Waals surface area contributed by atoms with Gasteiger partial charge in [-0.3, -0.25) is 0 Å². The van der Waals surface area contributed by atoms with Crippen molar-refractivity contribution in [3.05, 3.63) is 17.0 Å². The Balaban J connectivity index is 2.24. The lowest BCUT2D eigenvalue weighted by Gasteiger charge is -2.25. The van der Waals surface area contributed by atoms with Crippen molar-refractivity contribution in [2.75, 3.05) is 24.2 Å². The van der Waals surface area contributed by atoms with E-state index in [2.05, 4.69) is 35.0 Å². The van der Waals surface area contributed by atoms with Crippen LogP contribution in [0.25, 0.3) is 0 Å². The van der Waals surface area contributed by atoms with E-state index in [1.807, 2.05) is 11.8 Å². The highest BCUT2D eigenvalue weighted by Gasteiger charge is 2.22. The summed E-state index contributed by atoms with van der Waals surface area (Å²) >= 11 is 8.24. The first kappa shape index (κ1) is 14.9. The van der Waals surface area contributed by atoms with Crippen molar-refractivity contribution in [3.63, 3.8) is 0 Å². The van der Waals surface area contributed by atoms with E-state index in [1.165, 1.54) is 19.3 Å². The Morgan fingerprint density at radius 1 is 1.32 bits per heavy atom. The lowest BCUT2D eigenvalue weighted by molar-refractivity contribution is 0.744. The molecule has 0 N–H and O–H groups in total. The van der Waals surface area contributed by atoms with Crippen molar-refractivity contribution < 1.29 is 0 Å². The average molecular weight is 300 g/mol. The maximum Gasteiger partial charge on any atom is 0.138 e. The minimum atomic E-state index is 0.350. The molecule has 2 heterocycles. The molecule has 1 atom stereocenters. The van der Waals surface area contributed by atoms with E-state index < -0.39 is 0 Å². The number of aromatic nitrogens is 2. The predicted octanol–water partition coefficient (Wildman–Crippen LogP) is 3.98. The van der Waals surface area contributed by atoms with Crippen molar-refractivity contribution in [2.24, 2.45) is 0 Å². The van der Waals surface area contributed by atoms with Gasteiger partial charge in [0.05, 0.1) is 0 Å². The first-order valence-corrected chi connectivity index (χ1v) is 8.58. The number of thioether (sulfide) groups is 1. The van der Waals surface area contributed by atoms with E-state index in [9.17, 15) is 0 Å².